The number of para-hydroxylation sites is 1. The van der Waals surface area contributed by atoms with Gasteiger partial charge in [-0.15, -0.1) is 0 Å². The van der Waals surface area contributed by atoms with Gasteiger partial charge in [-0.1, -0.05) is 44.7 Å². The molecule has 1 amide bonds. The third-order valence-corrected chi connectivity index (χ3v) is 3.07. The molecule has 0 radical (unpaired) electrons. The summed E-state index contributed by atoms with van der Waals surface area (Å²) in [5.74, 6) is -0.0731. The van der Waals surface area contributed by atoms with Gasteiger partial charge in [-0.2, -0.15) is 0 Å². The van der Waals surface area contributed by atoms with Crippen LogP contribution in [0, 0.1) is 0 Å². The lowest BCUT2D eigenvalue weighted by molar-refractivity contribution is 0.0939. The first-order valence-electron chi connectivity index (χ1n) is 6.80. The molecule has 0 heterocycles. The molecule has 1 aromatic carbocycles. The maximum Gasteiger partial charge on any atom is 0.253 e. The zero-order valence-corrected chi connectivity index (χ0v) is 11.4. The number of carbonyl (C=O) groups excluding carboxylic acids is 1. The highest BCUT2D eigenvalue weighted by molar-refractivity contribution is 5.99. The van der Waals surface area contributed by atoms with Crippen LogP contribution in [0.1, 0.15) is 56.3 Å². The first-order chi connectivity index (χ1) is 8.65. The van der Waals surface area contributed by atoms with Gasteiger partial charge in [-0.25, -0.2) is 0 Å². The fourth-order valence-corrected chi connectivity index (χ4v) is 1.95. The number of amides is 1. The van der Waals surface area contributed by atoms with E-state index in [4.69, 9.17) is 5.73 Å². The summed E-state index contributed by atoms with van der Waals surface area (Å²) in [4.78, 5) is 12.0. The number of carbonyl (C=O) groups is 1. The Kier molecular flexibility index (Phi) is 6.26. The van der Waals surface area contributed by atoms with Crippen LogP contribution in [0.5, 0.6) is 0 Å². The Bertz CT molecular complexity index is 377. The molecule has 3 N–H and O–H groups in total. The van der Waals surface area contributed by atoms with Crippen molar-refractivity contribution in [1.82, 2.24) is 5.32 Å². The van der Waals surface area contributed by atoms with Crippen molar-refractivity contribution in [3.05, 3.63) is 29.8 Å². The molecule has 0 aliphatic rings. The van der Waals surface area contributed by atoms with Crippen molar-refractivity contribution in [2.75, 3.05) is 5.73 Å². The summed E-state index contributed by atoms with van der Waals surface area (Å²) in [5, 5.41) is 2.99. The van der Waals surface area contributed by atoms with Crippen molar-refractivity contribution in [3.8, 4) is 0 Å². The SMILES string of the molecule is CCCCCCC(C)NC(=O)c1ccccc1N. The third-order valence-electron chi connectivity index (χ3n) is 3.07. The van der Waals surface area contributed by atoms with Gasteiger partial charge >= 0.3 is 0 Å². The van der Waals surface area contributed by atoms with Gasteiger partial charge in [0.25, 0.3) is 5.91 Å². The Morgan fingerprint density at radius 3 is 2.67 bits per heavy atom. The quantitative estimate of drug-likeness (QED) is 0.574. The Hall–Kier alpha value is -1.51. The minimum Gasteiger partial charge on any atom is -0.398 e. The van der Waals surface area contributed by atoms with Gasteiger partial charge < -0.3 is 11.1 Å². The lowest BCUT2D eigenvalue weighted by atomic mass is 10.1. The Labute approximate surface area is 110 Å². The van der Waals surface area contributed by atoms with Gasteiger partial charge in [0.15, 0.2) is 0 Å². The average molecular weight is 248 g/mol. The number of unbranched alkanes of at least 4 members (excludes halogenated alkanes) is 3. The van der Waals surface area contributed by atoms with Crippen molar-refractivity contribution in [1.29, 1.82) is 0 Å². The molecular formula is C15H24N2O. The fourth-order valence-electron chi connectivity index (χ4n) is 1.95. The van der Waals surface area contributed by atoms with Crippen LogP contribution in [0.15, 0.2) is 24.3 Å². The van der Waals surface area contributed by atoms with Gasteiger partial charge in [0.05, 0.1) is 5.56 Å². The van der Waals surface area contributed by atoms with E-state index >= 15 is 0 Å². The molecule has 1 unspecified atom stereocenters. The van der Waals surface area contributed by atoms with Gasteiger partial charge in [-0.3, -0.25) is 4.79 Å². The van der Waals surface area contributed by atoms with Crippen LogP contribution in [0.2, 0.25) is 0 Å². The number of rotatable bonds is 7. The highest BCUT2D eigenvalue weighted by Crippen LogP contribution is 2.11. The maximum atomic E-state index is 12.0. The molecule has 1 atom stereocenters. The standard InChI is InChI=1S/C15H24N2O/c1-3-4-5-6-9-12(2)17-15(18)13-10-7-8-11-14(13)16/h7-8,10-12H,3-6,9,16H2,1-2H3,(H,17,18). The summed E-state index contributed by atoms with van der Waals surface area (Å²) >= 11 is 0. The van der Waals surface area contributed by atoms with E-state index in [2.05, 4.69) is 12.2 Å². The van der Waals surface area contributed by atoms with E-state index in [9.17, 15) is 4.79 Å². The number of benzene rings is 1. The summed E-state index contributed by atoms with van der Waals surface area (Å²) < 4.78 is 0. The van der Waals surface area contributed by atoms with Crippen LogP contribution < -0.4 is 11.1 Å². The summed E-state index contributed by atoms with van der Waals surface area (Å²) in [6, 6.07) is 7.38. The minimum absolute atomic E-state index is 0.0731. The van der Waals surface area contributed by atoms with Crippen molar-refractivity contribution < 1.29 is 4.79 Å². The predicted octanol–water partition coefficient (Wildman–Crippen LogP) is 3.36. The topological polar surface area (TPSA) is 55.1 Å². The zero-order valence-electron chi connectivity index (χ0n) is 11.4. The Balaban J connectivity index is 2.38. The fraction of sp³-hybridized carbons (Fsp3) is 0.533. The van der Waals surface area contributed by atoms with Gasteiger partial charge in [0.1, 0.15) is 0 Å². The molecule has 18 heavy (non-hydrogen) atoms. The summed E-state index contributed by atoms with van der Waals surface area (Å²) in [6.07, 6.45) is 5.94. The maximum absolute atomic E-state index is 12.0. The Morgan fingerprint density at radius 2 is 2.00 bits per heavy atom. The van der Waals surface area contributed by atoms with Crippen molar-refractivity contribution >= 4 is 11.6 Å². The van der Waals surface area contributed by atoms with Gasteiger partial charge in [0, 0.05) is 11.7 Å². The molecule has 0 spiro atoms. The largest absolute Gasteiger partial charge is 0.398 e. The van der Waals surface area contributed by atoms with Gasteiger partial charge in [-0.05, 0) is 25.5 Å². The molecule has 0 saturated heterocycles. The number of nitrogens with one attached hydrogen (secondary N) is 1. The number of nitrogens with two attached hydrogens (primary N) is 1. The highest BCUT2D eigenvalue weighted by Gasteiger charge is 2.11. The molecule has 3 nitrogen and oxygen atoms in total. The van der Waals surface area contributed by atoms with Crippen LogP contribution in [0.4, 0.5) is 5.69 Å². The third kappa shape index (κ3) is 4.78. The number of nitrogen functional groups attached to an aromatic ring is 1. The molecule has 0 bridgehead atoms. The monoisotopic (exact) mass is 248 g/mol. The van der Waals surface area contributed by atoms with E-state index in [0.29, 0.717) is 11.3 Å². The molecule has 0 saturated carbocycles. The van der Waals surface area contributed by atoms with Crippen LogP contribution in [0.3, 0.4) is 0 Å². The first-order valence-corrected chi connectivity index (χ1v) is 6.80. The second-order valence-corrected chi connectivity index (χ2v) is 4.81. The normalized spacial score (nSPS) is 12.1. The number of anilines is 1. The van der Waals surface area contributed by atoms with Crippen LogP contribution in [-0.4, -0.2) is 11.9 Å². The van der Waals surface area contributed by atoms with Crippen LogP contribution in [0.25, 0.3) is 0 Å². The van der Waals surface area contributed by atoms with Crippen molar-refractivity contribution in [2.45, 2.75) is 52.0 Å². The average Bonchev–Trinajstić information content (AvgIpc) is 2.35. The van der Waals surface area contributed by atoms with E-state index in [-0.39, 0.29) is 11.9 Å². The summed E-state index contributed by atoms with van der Waals surface area (Å²) in [6.45, 7) is 4.24. The Morgan fingerprint density at radius 1 is 1.28 bits per heavy atom. The number of hydrogen-bond donors (Lipinski definition) is 2. The number of hydrogen-bond acceptors (Lipinski definition) is 2. The van der Waals surface area contributed by atoms with E-state index < -0.39 is 0 Å². The summed E-state index contributed by atoms with van der Waals surface area (Å²) in [7, 11) is 0. The smallest absolute Gasteiger partial charge is 0.253 e. The lowest BCUT2D eigenvalue weighted by Crippen LogP contribution is -2.32. The van der Waals surface area contributed by atoms with Crippen molar-refractivity contribution in [3.63, 3.8) is 0 Å². The van der Waals surface area contributed by atoms with Crippen molar-refractivity contribution in [2.24, 2.45) is 0 Å². The first kappa shape index (κ1) is 14.6. The van der Waals surface area contributed by atoms with E-state index in [0.717, 1.165) is 6.42 Å². The second-order valence-electron chi connectivity index (χ2n) is 4.81. The van der Waals surface area contributed by atoms with E-state index in [1.54, 1.807) is 12.1 Å². The molecule has 1 aromatic rings. The molecule has 3 heteroatoms. The molecule has 100 valence electrons. The van der Waals surface area contributed by atoms with Gasteiger partial charge in [0.2, 0.25) is 0 Å². The molecular weight excluding hydrogens is 224 g/mol. The second kappa shape index (κ2) is 7.75. The molecule has 0 aliphatic carbocycles. The van der Waals surface area contributed by atoms with Crippen LogP contribution >= 0.6 is 0 Å². The minimum atomic E-state index is -0.0731. The molecule has 0 fully saturated rings. The van der Waals surface area contributed by atoms with E-state index in [1.165, 1.54) is 25.7 Å². The van der Waals surface area contributed by atoms with Crippen LogP contribution in [-0.2, 0) is 0 Å². The molecule has 0 aliphatic heterocycles. The zero-order chi connectivity index (χ0) is 13.4. The molecule has 1 rings (SSSR count). The molecule has 0 aromatic heterocycles. The van der Waals surface area contributed by atoms with E-state index in [1.807, 2.05) is 19.1 Å². The predicted molar refractivity (Wildman–Crippen MR) is 76.5 cm³/mol. The summed E-state index contributed by atoms with van der Waals surface area (Å²) in [5.41, 5.74) is 6.88. The highest BCUT2D eigenvalue weighted by atomic mass is 16.1. The lowest BCUT2D eigenvalue weighted by Gasteiger charge is -2.14.